The number of rotatable bonds is 4. The van der Waals surface area contributed by atoms with E-state index in [1.807, 2.05) is 42.1 Å². The van der Waals surface area contributed by atoms with Crippen LogP contribution in [-0.4, -0.2) is 15.5 Å². The molecule has 0 fully saturated rings. The van der Waals surface area contributed by atoms with Crippen molar-refractivity contribution in [2.24, 2.45) is 13.0 Å². The number of carbonyl (C=O) groups excluding carboxylic acids is 1. The highest BCUT2D eigenvalue weighted by Gasteiger charge is 2.25. The van der Waals surface area contributed by atoms with Gasteiger partial charge >= 0.3 is 0 Å². The molecule has 0 spiro atoms. The zero-order valence-electron chi connectivity index (χ0n) is 13.1. The third kappa shape index (κ3) is 3.64. The van der Waals surface area contributed by atoms with Crippen molar-refractivity contribution in [3.63, 3.8) is 0 Å². The normalized spacial score (nSPS) is 18.6. The highest BCUT2D eigenvalue weighted by Crippen LogP contribution is 2.25. The van der Waals surface area contributed by atoms with E-state index in [1.54, 1.807) is 6.20 Å². The fourth-order valence-corrected chi connectivity index (χ4v) is 3.03. The summed E-state index contributed by atoms with van der Waals surface area (Å²) in [5.74, 6) is 0.930. The molecule has 2 unspecified atom stereocenters. The zero-order valence-corrected chi connectivity index (χ0v) is 13.8. The SMILES string of the molecule is Cn1ccnc1C(NC(=O)C1CC=CCC1)c1ccc(Cl)cc1. The average Bonchev–Trinajstić information content (AvgIpc) is 3.00. The van der Waals surface area contributed by atoms with E-state index >= 15 is 0 Å². The zero-order chi connectivity index (χ0) is 16.2. The van der Waals surface area contributed by atoms with E-state index in [4.69, 9.17) is 11.6 Å². The number of hydrogen-bond donors (Lipinski definition) is 1. The van der Waals surface area contributed by atoms with Crippen LogP contribution in [0.5, 0.6) is 0 Å². The molecule has 1 aliphatic carbocycles. The summed E-state index contributed by atoms with van der Waals surface area (Å²) in [5, 5.41) is 3.84. The molecule has 1 heterocycles. The highest BCUT2D eigenvalue weighted by atomic mass is 35.5. The Bertz CT molecular complexity index is 705. The van der Waals surface area contributed by atoms with E-state index in [0.29, 0.717) is 5.02 Å². The topological polar surface area (TPSA) is 46.9 Å². The number of allylic oxidation sites excluding steroid dienone is 2. The van der Waals surface area contributed by atoms with Gasteiger partial charge in [-0.15, -0.1) is 0 Å². The Hall–Kier alpha value is -2.07. The molecule has 1 amide bonds. The Labute approximate surface area is 141 Å². The van der Waals surface area contributed by atoms with Crippen molar-refractivity contribution in [3.8, 4) is 0 Å². The van der Waals surface area contributed by atoms with Crippen LogP contribution < -0.4 is 5.32 Å². The Balaban J connectivity index is 1.86. The smallest absolute Gasteiger partial charge is 0.224 e. The Morgan fingerprint density at radius 2 is 2.13 bits per heavy atom. The fraction of sp³-hybridized carbons (Fsp3) is 0.333. The molecule has 1 aliphatic rings. The maximum atomic E-state index is 12.6. The van der Waals surface area contributed by atoms with Gasteiger partial charge in [-0.3, -0.25) is 4.79 Å². The Kier molecular flexibility index (Phi) is 4.82. The van der Waals surface area contributed by atoms with Crippen LogP contribution in [0.3, 0.4) is 0 Å². The summed E-state index contributed by atoms with van der Waals surface area (Å²) in [6, 6.07) is 7.27. The first kappa shape index (κ1) is 15.8. The lowest BCUT2D eigenvalue weighted by Crippen LogP contribution is -2.36. The molecule has 5 heteroatoms. The van der Waals surface area contributed by atoms with Crippen LogP contribution in [0.15, 0.2) is 48.8 Å². The molecular formula is C18H20ClN3O. The van der Waals surface area contributed by atoms with Crippen molar-refractivity contribution < 1.29 is 4.79 Å². The molecule has 0 bridgehead atoms. The summed E-state index contributed by atoms with van der Waals surface area (Å²) in [5.41, 5.74) is 0.975. The lowest BCUT2D eigenvalue weighted by atomic mass is 9.93. The van der Waals surface area contributed by atoms with Gasteiger partial charge in [0.15, 0.2) is 0 Å². The van der Waals surface area contributed by atoms with Crippen molar-refractivity contribution in [1.29, 1.82) is 0 Å². The number of benzene rings is 1. The minimum Gasteiger partial charge on any atom is -0.342 e. The predicted octanol–water partition coefficient (Wildman–Crippen LogP) is 3.64. The molecule has 1 N–H and O–H groups in total. The molecular weight excluding hydrogens is 310 g/mol. The molecule has 1 aromatic heterocycles. The van der Waals surface area contributed by atoms with Crippen LogP contribution in [0.25, 0.3) is 0 Å². The summed E-state index contributed by atoms with van der Waals surface area (Å²) in [7, 11) is 1.93. The number of imidazole rings is 1. The number of carbonyl (C=O) groups is 1. The molecule has 23 heavy (non-hydrogen) atoms. The molecule has 4 nitrogen and oxygen atoms in total. The van der Waals surface area contributed by atoms with Crippen LogP contribution in [0.4, 0.5) is 0 Å². The number of nitrogens with one attached hydrogen (secondary N) is 1. The predicted molar refractivity (Wildman–Crippen MR) is 91.1 cm³/mol. The summed E-state index contributed by atoms with van der Waals surface area (Å²) in [6.07, 6.45) is 10.5. The van der Waals surface area contributed by atoms with Gasteiger partial charge in [0.05, 0.1) is 0 Å². The molecule has 0 radical (unpaired) electrons. The van der Waals surface area contributed by atoms with E-state index in [-0.39, 0.29) is 17.9 Å². The minimum absolute atomic E-state index is 0.0371. The summed E-state index contributed by atoms with van der Waals surface area (Å²) in [6.45, 7) is 0. The van der Waals surface area contributed by atoms with E-state index < -0.39 is 0 Å². The Morgan fingerprint density at radius 1 is 1.35 bits per heavy atom. The average molecular weight is 330 g/mol. The summed E-state index contributed by atoms with van der Waals surface area (Å²) < 4.78 is 1.93. The number of amides is 1. The van der Waals surface area contributed by atoms with Crippen molar-refractivity contribution >= 4 is 17.5 Å². The van der Waals surface area contributed by atoms with Crippen LogP contribution in [0.2, 0.25) is 5.02 Å². The van der Waals surface area contributed by atoms with Gasteiger partial charge in [0.2, 0.25) is 5.91 Å². The molecule has 0 aliphatic heterocycles. The second kappa shape index (κ2) is 7.01. The summed E-state index contributed by atoms with van der Waals surface area (Å²) >= 11 is 5.98. The summed E-state index contributed by atoms with van der Waals surface area (Å²) in [4.78, 5) is 17.1. The number of aromatic nitrogens is 2. The van der Waals surface area contributed by atoms with Gasteiger partial charge < -0.3 is 9.88 Å². The quantitative estimate of drug-likeness (QED) is 0.871. The molecule has 2 aromatic rings. The molecule has 0 saturated heterocycles. The molecule has 3 rings (SSSR count). The van der Waals surface area contributed by atoms with Crippen molar-refractivity contribution in [3.05, 3.63) is 65.2 Å². The van der Waals surface area contributed by atoms with E-state index in [2.05, 4.69) is 22.5 Å². The first-order chi connectivity index (χ1) is 11.1. The van der Waals surface area contributed by atoms with Crippen LogP contribution in [-0.2, 0) is 11.8 Å². The number of aryl methyl sites for hydroxylation is 1. The standard InChI is InChI=1S/C18H20ClN3O/c1-22-12-11-20-17(22)16(13-7-9-15(19)10-8-13)21-18(23)14-5-3-2-4-6-14/h2-3,7-12,14,16H,4-6H2,1H3,(H,21,23). The van der Waals surface area contributed by atoms with Crippen LogP contribution in [0, 0.1) is 5.92 Å². The Morgan fingerprint density at radius 3 is 2.74 bits per heavy atom. The van der Waals surface area contributed by atoms with Gasteiger partial charge in [-0.05, 0) is 37.0 Å². The largest absolute Gasteiger partial charge is 0.342 e. The van der Waals surface area contributed by atoms with Gasteiger partial charge in [0.1, 0.15) is 11.9 Å². The van der Waals surface area contributed by atoms with Gasteiger partial charge in [-0.2, -0.15) is 0 Å². The second-order valence-corrected chi connectivity index (χ2v) is 6.31. The molecule has 0 saturated carbocycles. The van der Waals surface area contributed by atoms with Gasteiger partial charge in [-0.25, -0.2) is 4.98 Å². The fourth-order valence-electron chi connectivity index (χ4n) is 2.90. The first-order valence-electron chi connectivity index (χ1n) is 7.83. The lowest BCUT2D eigenvalue weighted by molar-refractivity contribution is -0.125. The maximum Gasteiger partial charge on any atom is 0.224 e. The second-order valence-electron chi connectivity index (χ2n) is 5.87. The van der Waals surface area contributed by atoms with Gasteiger partial charge in [0, 0.05) is 30.4 Å². The van der Waals surface area contributed by atoms with E-state index in [1.165, 1.54) is 0 Å². The first-order valence-corrected chi connectivity index (χ1v) is 8.21. The van der Waals surface area contributed by atoms with Gasteiger partial charge in [-0.1, -0.05) is 35.9 Å². The van der Waals surface area contributed by atoms with Crippen molar-refractivity contribution in [2.45, 2.75) is 25.3 Å². The van der Waals surface area contributed by atoms with Crippen LogP contribution in [0.1, 0.15) is 36.7 Å². The van der Waals surface area contributed by atoms with Crippen LogP contribution >= 0.6 is 11.6 Å². The molecule has 1 aromatic carbocycles. The van der Waals surface area contributed by atoms with Gasteiger partial charge in [0.25, 0.3) is 0 Å². The molecule has 120 valence electrons. The number of halogens is 1. The third-order valence-electron chi connectivity index (χ3n) is 4.25. The van der Waals surface area contributed by atoms with Crippen molar-refractivity contribution in [1.82, 2.24) is 14.9 Å². The molecule has 2 atom stereocenters. The maximum absolute atomic E-state index is 12.6. The third-order valence-corrected chi connectivity index (χ3v) is 4.50. The minimum atomic E-state index is -0.273. The lowest BCUT2D eigenvalue weighted by Gasteiger charge is -2.23. The van der Waals surface area contributed by atoms with E-state index in [0.717, 1.165) is 30.7 Å². The number of nitrogens with zero attached hydrogens (tertiary/aromatic N) is 2. The van der Waals surface area contributed by atoms with Crippen molar-refractivity contribution in [2.75, 3.05) is 0 Å². The monoisotopic (exact) mass is 329 g/mol. The number of hydrogen-bond acceptors (Lipinski definition) is 2. The van der Waals surface area contributed by atoms with E-state index in [9.17, 15) is 4.79 Å². The highest BCUT2D eigenvalue weighted by molar-refractivity contribution is 6.30.